The lowest BCUT2D eigenvalue weighted by atomic mass is 10.1. The van der Waals surface area contributed by atoms with E-state index in [1.807, 2.05) is 6.92 Å². The van der Waals surface area contributed by atoms with Crippen LogP contribution in [0, 0.1) is 17.7 Å². The third-order valence-electron chi connectivity index (χ3n) is 3.53. The van der Waals surface area contributed by atoms with Gasteiger partial charge in [-0.15, -0.1) is 11.8 Å². The summed E-state index contributed by atoms with van der Waals surface area (Å²) in [4.78, 5) is 13.1. The largest absolute Gasteiger partial charge is 0.352 e. The van der Waals surface area contributed by atoms with Crippen LogP contribution in [0.4, 0.5) is 4.39 Å². The molecule has 2 rings (SSSR count). The molecule has 1 fully saturated rings. The molecule has 0 aromatic heterocycles. The fraction of sp³-hybridized carbons (Fsp3) is 0.533. The number of benzene rings is 1. The van der Waals surface area contributed by atoms with Gasteiger partial charge in [0, 0.05) is 29.2 Å². The van der Waals surface area contributed by atoms with Crippen molar-refractivity contribution < 1.29 is 9.18 Å². The Morgan fingerprint density at radius 1 is 1.45 bits per heavy atom. The number of carbonyl (C=O) groups excluding carboxylic acids is 1. The molecule has 3 nitrogen and oxygen atoms in total. The van der Waals surface area contributed by atoms with Gasteiger partial charge in [-0.05, 0) is 43.0 Å². The summed E-state index contributed by atoms with van der Waals surface area (Å²) in [5, 5.41) is 3.04. The Kier molecular flexibility index (Phi) is 5.43. The molecule has 0 spiro atoms. The third kappa shape index (κ3) is 4.49. The predicted molar refractivity (Wildman–Crippen MR) is 80.0 cm³/mol. The van der Waals surface area contributed by atoms with Crippen LogP contribution < -0.4 is 11.1 Å². The number of halogens is 1. The third-order valence-corrected chi connectivity index (χ3v) is 4.81. The molecule has 1 aliphatic carbocycles. The van der Waals surface area contributed by atoms with Crippen molar-refractivity contribution >= 4 is 17.7 Å². The first kappa shape index (κ1) is 15.3. The number of nitrogens with one attached hydrogen (secondary N) is 1. The molecule has 1 aromatic rings. The van der Waals surface area contributed by atoms with Crippen molar-refractivity contribution in [1.29, 1.82) is 0 Å². The smallest absolute Gasteiger partial charge is 0.223 e. The van der Waals surface area contributed by atoms with E-state index < -0.39 is 0 Å². The summed E-state index contributed by atoms with van der Waals surface area (Å²) in [6, 6.07) is 6.46. The molecule has 0 aliphatic heterocycles. The number of amides is 1. The van der Waals surface area contributed by atoms with Crippen molar-refractivity contribution in [3.8, 4) is 0 Å². The van der Waals surface area contributed by atoms with Crippen LogP contribution in [0.2, 0.25) is 0 Å². The molecular weight excluding hydrogens is 275 g/mol. The van der Waals surface area contributed by atoms with Crippen LogP contribution in [0.25, 0.3) is 0 Å². The standard InChI is InChI=1S/C15H21FN2OS/c1-10(9-20-13-6-4-12(16)5-7-13)15(19)18-14(8-17)11-2-3-11/h4-7,10-11,14H,2-3,8-9,17H2,1H3,(H,18,19). The Labute approximate surface area is 123 Å². The lowest BCUT2D eigenvalue weighted by molar-refractivity contribution is -0.124. The van der Waals surface area contributed by atoms with E-state index in [1.54, 1.807) is 23.9 Å². The van der Waals surface area contributed by atoms with Gasteiger partial charge in [-0.1, -0.05) is 6.92 Å². The highest BCUT2D eigenvalue weighted by molar-refractivity contribution is 7.99. The van der Waals surface area contributed by atoms with Crippen LogP contribution in [0.5, 0.6) is 0 Å². The zero-order valence-corrected chi connectivity index (χ0v) is 12.5. The second-order valence-corrected chi connectivity index (χ2v) is 6.45. The Hall–Kier alpha value is -1.07. The maximum absolute atomic E-state index is 12.8. The van der Waals surface area contributed by atoms with Crippen molar-refractivity contribution in [1.82, 2.24) is 5.32 Å². The fourth-order valence-electron chi connectivity index (χ4n) is 2.02. The molecule has 2 atom stereocenters. The van der Waals surface area contributed by atoms with E-state index in [1.165, 1.54) is 25.0 Å². The Bertz CT molecular complexity index is 448. The molecule has 0 bridgehead atoms. The van der Waals surface area contributed by atoms with Gasteiger partial charge in [0.25, 0.3) is 0 Å². The summed E-state index contributed by atoms with van der Waals surface area (Å²) >= 11 is 1.57. The van der Waals surface area contributed by atoms with Crippen molar-refractivity contribution in [2.24, 2.45) is 17.6 Å². The average molecular weight is 296 g/mol. The van der Waals surface area contributed by atoms with E-state index in [-0.39, 0.29) is 23.7 Å². The zero-order valence-electron chi connectivity index (χ0n) is 11.6. The molecule has 3 N–H and O–H groups in total. The van der Waals surface area contributed by atoms with E-state index in [4.69, 9.17) is 5.73 Å². The zero-order chi connectivity index (χ0) is 14.5. The lowest BCUT2D eigenvalue weighted by Gasteiger charge is -2.19. The predicted octanol–water partition coefficient (Wildman–Crippen LogP) is 2.41. The molecule has 1 saturated carbocycles. The fourth-order valence-corrected chi connectivity index (χ4v) is 2.94. The number of nitrogens with two attached hydrogens (primary N) is 1. The van der Waals surface area contributed by atoms with Crippen LogP contribution >= 0.6 is 11.8 Å². The highest BCUT2D eigenvalue weighted by Crippen LogP contribution is 2.32. The average Bonchev–Trinajstić information content (AvgIpc) is 3.28. The van der Waals surface area contributed by atoms with Crippen molar-refractivity contribution in [3.63, 3.8) is 0 Å². The molecule has 5 heteroatoms. The minimum Gasteiger partial charge on any atom is -0.352 e. The molecule has 110 valence electrons. The van der Waals surface area contributed by atoms with Crippen LogP contribution in [-0.2, 0) is 4.79 Å². The number of carbonyl (C=O) groups is 1. The van der Waals surface area contributed by atoms with Gasteiger partial charge in [0.05, 0.1) is 0 Å². The second kappa shape index (κ2) is 7.09. The van der Waals surface area contributed by atoms with Crippen molar-refractivity contribution in [2.75, 3.05) is 12.3 Å². The maximum atomic E-state index is 12.8. The topological polar surface area (TPSA) is 55.1 Å². The molecule has 0 saturated heterocycles. The molecule has 0 heterocycles. The van der Waals surface area contributed by atoms with E-state index >= 15 is 0 Å². The summed E-state index contributed by atoms with van der Waals surface area (Å²) in [6.45, 7) is 2.42. The number of hydrogen-bond donors (Lipinski definition) is 2. The SMILES string of the molecule is CC(CSc1ccc(F)cc1)C(=O)NC(CN)C1CC1. The Morgan fingerprint density at radius 3 is 2.65 bits per heavy atom. The summed E-state index contributed by atoms with van der Waals surface area (Å²) < 4.78 is 12.8. The molecule has 2 unspecified atom stereocenters. The molecule has 1 aromatic carbocycles. The van der Waals surface area contributed by atoms with Gasteiger partial charge in [-0.25, -0.2) is 4.39 Å². The van der Waals surface area contributed by atoms with Crippen molar-refractivity contribution in [2.45, 2.75) is 30.7 Å². The number of hydrogen-bond acceptors (Lipinski definition) is 3. The first-order chi connectivity index (χ1) is 9.60. The minimum atomic E-state index is -0.240. The summed E-state index contributed by atoms with van der Waals surface area (Å²) in [7, 11) is 0. The van der Waals surface area contributed by atoms with Gasteiger partial charge in [0.1, 0.15) is 5.82 Å². The van der Waals surface area contributed by atoms with Crippen LogP contribution in [0.3, 0.4) is 0 Å². The van der Waals surface area contributed by atoms with E-state index in [0.717, 1.165) is 4.90 Å². The summed E-state index contributed by atoms with van der Waals surface area (Å²) in [5.41, 5.74) is 5.69. The van der Waals surface area contributed by atoms with E-state index in [2.05, 4.69) is 5.32 Å². The van der Waals surface area contributed by atoms with Crippen LogP contribution in [0.15, 0.2) is 29.2 Å². The molecule has 1 aliphatic rings. The number of rotatable bonds is 7. The van der Waals surface area contributed by atoms with Gasteiger partial charge < -0.3 is 11.1 Å². The van der Waals surface area contributed by atoms with Crippen LogP contribution in [-0.4, -0.2) is 24.2 Å². The monoisotopic (exact) mass is 296 g/mol. The van der Waals surface area contributed by atoms with Crippen molar-refractivity contribution in [3.05, 3.63) is 30.1 Å². The normalized spacial score (nSPS) is 17.6. The highest BCUT2D eigenvalue weighted by atomic mass is 32.2. The van der Waals surface area contributed by atoms with Gasteiger partial charge in [-0.2, -0.15) is 0 Å². The Morgan fingerprint density at radius 2 is 2.10 bits per heavy atom. The molecular formula is C15H21FN2OS. The number of thioether (sulfide) groups is 1. The van der Waals surface area contributed by atoms with Gasteiger partial charge in [-0.3, -0.25) is 4.79 Å². The highest BCUT2D eigenvalue weighted by Gasteiger charge is 2.31. The summed E-state index contributed by atoms with van der Waals surface area (Å²) in [6.07, 6.45) is 2.34. The second-order valence-electron chi connectivity index (χ2n) is 5.35. The first-order valence-corrected chi connectivity index (χ1v) is 7.97. The van der Waals surface area contributed by atoms with Crippen LogP contribution in [0.1, 0.15) is 19.8 Å². The van der Waals surface area contributed by atoms with Gasteiger partial charge >= 0.3 is 0 Å². The van der Waals surface area contributed by atoms with Gasteiger partial charge in [0.15, 0.2) is 0 Å². The summed E-state index contributed by atoms with van der Waals surface area (Å²) in [5.74, 6) is 0.982. The van der Waals surface area contributed by atoms with E-state index in [0.29, 0.717) is 18.2 Å². The quantitative estimate of drug-likeness (QED) is 0.760. The lowest BCUT2D eigenvalue weighted by Crippen LogP contribution is -2.44. The molecule has 20 heavy (non-hydrogen) atoms. The van der Waals surface area contributed by atoms with E-state index in [9.17, 15) is 9.18 Å². The first-order valence-electron chi connectivity index (χ1n) is 6.99. The molecule has 1 amide bonds. The van der Waals surface area contributed by atoms with Gasteiger partial charge in [0.2, 0.25) is 5.91 Å². The maximum Gasteiger partial charge on any atom is 0.223 e. The minimum absolute atomic E-state index is 0.0574. The molecule has 0 radical (unpaired) electrons. The Balaban J connectivity index is 1.77.